The van der Waals surface area contributed by atoms with Crippen molar-refractivity contribution < 1.29 is 14.2 Å². The van der Waals surface area contributed by atoms with Crippen molar-refractivity contribution >= 4 is 0 Å². The van der Waals surface area contributed by atoms with Gasteiger partial charge in [-0.2, -0.15) is 5.10 Å². The highest BCUT2D eigenvalue weighted by Gasteiger charge is 2.05. The number of hydrogen-bond donors (Lipinski definition) is 1. The topological polar surface area (TPSA) is 47.3 Å². The number of rotatable bonds is 4. The predicted octanol–water partition coefficient (Wildman–Crippen LogP) is 5.18. The van der Waals surface area contributed by atoms with Gasteiger partial charge in [0.1, 0.15) is 23.1 Å². The van der Waals surface area contributed by atoms with Crippen LogP contribution in [-0.2, 0) is 0 Å². The van der Waals surface area contributed by atoms with Crippen LogP contribution in [0.2, 0.25) is 0 Å². The third kappa shape index (κ3) is 3.42. The molecule has 4 aromatic rings. The van der Waals surface area contributed by atoms with Crippen molar-refractivity contribution in [2.75, 3.05) is 0 Å². The Balaban J connectivity index is 1.52. The van der Waals surface area contributed by atoms with Gasteiger partial charge in [-0.15, -0.1) is 0 Å². The molecule has 4 nitrogen and oxygen atoms in total. The molecule has 3 aromatic carbocycles. The van der Waals surface area contributed by atoms with Gasteiger partial charge in [-0.3, -0.25) is 0 Å². The summed E-state index contributed by atoms with van der Waals surface area (Å²) in [6, 6.07) is 22.2. The number of halogens is 1. The number of benzene rings is 3. The largest absolute Gasteiger partial charge is 0.508 e. The Labute approximate surface area is 149 Å². The average molecular weight is 346 g/mol. The molecule has 0 atom stereocenters. The minimum absolute atomic E-state index is 0.199. The standard InChI is InChI=1S/C21H15FN2O2/c22-16-3-5-17(6-4-16)24-14-13-21(23-24)15-1-9-19(10-2-15)26-20-11-7-18(25)8-12-20/h1-14,25H. The van der Waals surface area contributed by atoms with Crippen molar-refractivity contribution in [3.8, 4) is 34.2 Å². The molecule has 0 radical (unpaired) electrons. The minimum Gasteiger partial charge on any atom is -0.508 e. The Hall–Kier alpha value is -3.60. The van der Waals surface area contributed by atoms with Crippen LogP contribution in [0, 0.1) is 5.82 Å². The van der Waals surface area contributed by atoms with Gasteiger partial charge in [0.05, 0.1) is 11.4 Å². The Morgan fingerprint density at radius 2 is 1.38 bits per heavy atom. The van der Waals surface area contributed by atoms with E-state index in [2.05, 4.69) is 5.10 Å². The summed E-state index contributed by atoms with van der Waals surface area (Å²) in [6.45, 7) is 0. The summed E-state index contributed by atoms with van der Waals surface area (Å²) in [5, 5.41) is 13.8. The van der Waals surface area contributed by atoms with E-state index in [4.69, 9.17) is 4.74 Å². The molecule has 0 amide bonds. The van der Waals surface area contributed by atoms with Crippen molar-refractivity contribution in [1.82, 2.24) is 9.78 Å². The lowest BCUT2D eigenvalue weighted by Gasteiger charge is -2.06. The third-order valence-electron chi connectivity index (χ3n) is 3.90. The van der Waals surface area contributed by atoms with Crippen LogP contribution in [0.15, 0.2) is 85.1 Å². The highest BCUT2D eigenvalue weighted by atomic mass is 19.1. The fourth-order valence-electron chi connectivity index (χ4n) is 2.56. The van der Waals surface area contributed by atoms with Gasteiger partial charge >= 0.3 is 0 Å². The summed E-state index contributed by atoms with van der Waals surface area (Å²) < 4.78 is 20.5. The van der Waals surface area contributed by atoms with E-state index in [1.807, 2.05) is 36.5 Å². The maximum atomic E-state index is 13.0. The Morgan fingerprint density at radius 1 is 0.769 bits per heavy atom. The molecular formula is C21H15FN2O2. The van der Waals surface area contributed by atoms with Crippen LogP contribution in [0.5, 0.6) is 17.2 Å². The van der Waals surface area contributed by atoms with E-state index in [1.165, 1.54) is 12.1 Å². The number of phenols is 1. The lowest BCUT2D eigenvalue weighted by molar-refractivity contribution is 0.464. The SMILES string of the molecule is Oc1ccc(Oc2ccc(-c3ccn(-c4ccc(F)cc4)n3)cc2)cc1. The molecule has 0 aliphatic heterocycles. The molecule has 26 heavy (non-hydrogen) atoms. The second-order valence-corrected chi connectivity index (χ2v) is 5.74. The van der Waals surface area contributed by atoms with E-state index in [0.717, 1.165) is 16.9 Å². The van der Waals surface area contributed by atoms with Gasteiger partial charge in [0.25, 0.3) is 0 Å². The molecule has 0 fully saturated rings. The van der Waals surface area contributed by atoms with E-state index >= 15 is 0 Å². The number of aromatic nitrogens is 2. The molecule has 5 heteroatoms. The number of aromatic hydroxyl groups is 1. The molecule has 0 spiro atoms. The van der Waals surface area contributed by atoms with Gasteiger partial charge in [0.2, 0.25) is 0 Å². The highest BCUT2D eigenvalue weighted by Crippen LogP contribution is 2.26. The summed E-state index contributed by atoms with van der Waals surface area (Å²) in [7, 11) is 0. The minimum atomic E-state index is -0.273. The molecule has 1 heterocycles. The molecule has 128 valence electrons. The van der Waals surface area contributed by atoms with Crippen molar-refractivity contribution in [3.63, 3.8) is 0 Å². The van der Waals surface area contributed by atoms with Gasteiger partial charge in [-0.1, -0.05) is 0 Å². The average Bonchev–Trinajstić information content (AvgIpc) is 3.15. The Morgan fingerprint density at radius 3 is 2.04 bits per heavy atom. The van der Waals surface area contributed by atoms with Crippen LogP contribution in [0.25, 0.3) is 16.9 Å². The second kappa shape index (κ2) is 6.72. The maximum absolute atomic E-state index is 13.0. The molecule has 1 N–H and O–H groups in total. The first kappa shape index (κ1) is 15.9. The van der Waals surface area contributed by atoms with Crippen LogP contribution < -0.4 is 4.74 Å². The summed E-state index contributed by atoms with van der Waals surface area (Å²) in [5.74, 6) is 1.27. The highest BCUT2D eigenvalue weighted by molar-refractivity contribution is 5.60. The number of ether oxygens (including phenoxy) is 1. The maximum Gasteiger partial charge on any atom is 0.127 e. The monoisotopic (exact) mass is 346 g/mol. The summed E-state index contributed by atoms with van der Waals surface area (Å²) >= 11 is 0. The molecule has 0 saturated heterocycles. The molecule has 0 bridgehead atoms. The van der Waals surface area contributed by atoms with Gasteiger partial charge in [-0.05, 0) is 78.9 Å². The van der Waals surface area contributed by atoms with Gasteiger partial charge in [0, 0.05) is 11.8 Å². The molecule has 0 saturated carbocycles. The molecule has 1 aromatic heterocycles. The van der Waals surface area contributed by atoms with Crippen molar-refractivity contribution in [2.45, 2.75) is 0 Å². The Kier molecular flexibility index (Phi) is 4.11. The van der Waals surface area contributed by atoms with E-state index in [1.54, 1.807) is 41.1 Å². The summed E-state index contributed by atoms with van der Waals surface area (Å²) in [4.78, 5) is 0. The zero-order valence-electron chi connectivity index (χ0n) is 13.7. The van der Waals surface area contributed by atoms with Gasteiger partial charge in [0.15, 0.2) is 0 Å². The fourth-order valence-corrected chi connectivity index (χ4v) is 2.56. The first-order chi connectivity index (χ1) is 12.7. The zero-order valence-corrected chi connectivity index (χ0v) is 13.7. The van der Waals surface area contributed by atoms with E-state index in [-0.39, 0.29) is 11.6 Å². The second-order valence-electron chi connectivity index (χ2n) is 5.74. The Bertz CT molecular complexity index is 1010. The van der Waals surface area contributed by atoms with Crippen molar-refractivity contribution in [3.05, 3.63) is 90.9 Å². The van der Waals surface area contributed by atoms with E-state index in [0.29, 0.717) is 11.5 Å². The van der Waals surface area contributed by atoms with E-state index < -0.39 is 0 Å². The lowest BCUT2D eigenvalue weighted by atomic mass is 10.1. The molecule has 0 unspecified atom stereocenters. The van der Waals surface area contributed by atoms with Crippen molar-refractivity contribution in [2.24, 2.45) is 0 Å². The number of nitrogens with zero attached hydrogens (tertiary/aromatic N) is 2. The fraction of sp³-hybridized carbons (Fsp3) is 0. The molecular weight excluding hydrogens is 331 g/mol. The normalized spacial score (nSPS) is 10.7. The third-order valence-corrected chi connectivity index (χ3v) is 3.90. The number of hydrogen-bond acceptors (Lipinski definition) is 3. The smallest absolute Gasteiger partial charge is 0.127 e. The summed E-state index contributed by atoms with van der Waals surface area (Å²) in [6.07, 6.45) is 1.84. The van der Waals surface area contributed by atoms with Gasteiger partial charge in [-0.25, -0.2) is 9.07 Å². The van der Waals surface area contributed by atoms with Crippen LogP contribution in [0.1, 0.15) is 0 Å². The molecule has 4 rings (SSSR count). The van der Waals surface area contributed by atoms with Crippen LogP contribution in [0.4, 0.5) is 4.39 Å². The van der Waals surface area contributed by atoms with Crippen LogP contribution in [0.3, 0.4) is 0 Å². The van der Waals surface area contributed by atoms with Gasteiger partial charge < -0.3 is 9.84 Å². The number of phenolic OH excluding ortho intramolecular Hbond substituents is 1. The van der Waals surface area contributed by atoms with Crippen LogP contribution >= 0.6 is 0 Å². The first-order valence-corrected chi connectivity index (χ1v) is 8.06. The predicted molar refractivity (Wildman–Crippen MR) is 97.1 cm³/mol. The molecule has 0 aliphatic carbocycles. The lowest BCUT2D eigenvalue weighted by Crippen LogP contribution is -1.94. The first-order valence-electron chi connectivity index (χ1n) is 8.06. The summed E-state index contributed by atoms with van der Waals surface area (Å²) in [5.41, 5.74) is 2.55. The van der Waals surface area contributed by atoms with Crippen molar-refractivity contribution in [1.29, 1.82) is 0 Å². The quantitative estimate of drug-likeness (QED) is 0.554. The van der Waals surface area contributed by atoms with E-state index in [9.17, 15) is 9.50 Å². The molecule has 0 aliphatic rings. The van der Waals surface area contributed by atoms with Crippen LogP contribution in [-0.4, -0.2) is 14.9 Å². The zero-order chi connectivity index (χ0) is 17.9.